The average molecular weight is 388 g/mol. The summed E-state index contributed by atoms with van der Waals surface area (Å²) in [5.74, 6) is -0.0737. The van der Waals surface area contributed by atoms with Crippen molar-refractivity contribution in [2.75, 3.05) is 18.4 Å². The maximum absolute atomic E-state index is 13.0. The van der Waals surface area contributed by atoms with Crippen LogP contribution in [0.5, 0.6) is 0 Å². The number of carbonyl (C=O) groups excluding carboxylic acids is 2. The molecule has 1 aromatic heterocycles. The monoisotopic (exact) mass is 388 g/mol. The van der Waals surface area contributed by atoms with E-state index in [-0.39, 0.29) is 17.7 Å². The minimum absolute atomic E-state index is 0.0217. The molecule has 6 heteroatoms. The number of hydrogen-bond donors (Lipinski definition) is 1. The Kier molecular flexibility index (Phi) is 5.42. The van der Waals surface area contributed by atoms with Crippen LogP contribution < -0.4 is 5.32 Å². The molecule has 2 amide bonds. The molecule has 0 radical (unpaired) electrons. The Labute approximate surface area is 170 Å². The molecule has 0 bridgehead atoms. The molecule has 1 N–H and O–H groups in total. The fourth-order valence-electron chi connectivity index (χ4n) is 3.73. The second-order valence-corrected chi connectivity index (χ2v) is 7.31. The van der Waals surface area contributed by atoms with Crippen LogP contribution in [-0.4, -0.2) is 39.6 Å². The molecule has 0 aliphatic carbocycles. The third-order valence-electron chi connectivity index (χ3n) is 5.44. The van der Waals surface area contributed by atoms with Gasteiger partial charge in [0.2, 0.25) is 5.91 Å². The van der Waals surface area contributed by atoms with Crippen molar-refractivity contribution in [3.8, 4) is 5.69 Å². The molecule has 2 aromatic carbocycles. The smallest absolute Gasteiger partial charge is 0.257 e. The second-order valence-electron chi connectivity index (χ2n) is 7.31. The molecule has 0 atom stereocenters. The Hall–Kier alpha value is -3.41. The molecular weight excluding hydrogens is 364 g/mol. The summed E-state index contributed by atoms with van der Waals surface area (Å²) in [6, 6.07) is 19.2. The number of hydrogen-bond acceptors (Lipinski definition) is 3. The highest BCUT2D eigenvalue weighted by molar-refractivity contribution is 5.96. The Morgan fingerprint density at radius 1 is 0.966 bits per heavy atom. The van der Waals surface area contributed by atoms with Gasteiger partial charge in [0.15, 0.2) is 0 Å². The Morgan fingerprint density at radius 3 is 2.24 bits per heavy atom. The lowest BCUT2D eigenvalue weighted by Crippen LogP contribution is -2.41. The largest absolute Gasteiger partial charge is 0.338 e. The first-order valence-electron chi connectivity index (χ1n) is 9.88. The van der Waals surface area contributed by atoms with Gasteiger partial charge in [0.1, 0.15) is 0 Å². The molecule has 148 valence electrons. The topological polar surface area (TPSA) is 67.2 Å². The molecule has 1 saturated heterocycles. The zero-order valence-electron chi connectivity index (χ0n) is 16.4. The molecule has 1 fully saturated rings. The van der Waals surface area contributed by atoms with Gasteiger partial charge in [-0.25, -0.2) is 4.68 Å². The highest BCUT2D eigenvalue weighted by atomic mass is 16.2. The molecule has 2 heterocycles. The Bertz CT molecular complexity index is 990. The van der Waals surface area contributed by atoms with Crippen LogP contribution in [-0.2, 0) is 4.79 Å². The normalized spacial score (nSPS) is 14.6. The number of anilines is 1. The van der Waals surface area contributed by atoms with E-state index in [9.17, 15) is 9.59 Å². The van der Waals surface area contributed by atoms with Gasteiger partial charge in [0.25, 0.3) is 5.91 Å². The number of aromatic nitrogens is 2. The van der Waals surface area contributed by atoms with E-state index in [0.29, 0.717) is 31.5 Å². The van der Waals surface area contributed by atoms with Crippen molar-refractivity contribution in [2.45, 2.75) is 19.8 Å². The number of carbonyl (C=O) groups is 2. The molecule has 1 aliphatic heterocycles. The summed E-state index contributed by atoms with van der Waals surface area (Å²) in [7, 11) is 0. The van der Waals surface area contributed by atoms with Gasteiger partial charge < -0.3 is 10.2 Å². The zero-order chi connectivity index (χ0) is 20.2. The minimum Gasteiger partial charge on any atom is -0.338 e. The summed E-state index contributed by atoms with van der Waals surface area (Å²) >= 11 is 0. The van der Waals surface area contributed by atoms with Crippen molar-refractivity contribution in [1.82, 2.24) is 14.7 Å². The summed E-state index contributed by atoms with van der Waals surface area (Å²) in [6.45, 7) is 3.05. The van der Waals surface area contributed by atoms with Crippen LogP contribution in [0.15, 0.2) is 66.9 Å². The average Bonchev–Trinajstić information content (AvgIpc) is 3.16. The lowest BCUT2D eigenvalue weighted by atomic mass is 9.95. The van der Waals surface area contributed by atoms with Crippen LogP contribution in [0.25, 0.3) is 5.69 Å². The number of amides is 2. The summed E-state index contributed by atoms with van der Waals surface area (Å²) in [4.78, 5) is 27.3. The fraction of sp³-hybridized carbons (Fsp3) is 0.261. The molecular formula is C23H24N4O2. The molecule has 4 rings (SSSR count). The first-order chi connectivity index (χ1) is 14.1. The third-order valence-corrected chi connectivity index (χ3v) is 5.44. The molecule has 29 heavy (non-hydrogen) atoms. The van der Waals surface area contributed by atoms with Crippen LogP contribution in [0.1, 0.15) is 28.9 Å². The molecule has 3 aromatic rings. The lowest BCUT2D eigenvalue weighted by molar-refractivity contribution is -0.121. The zero-order valence-corrected chi connectivity index (χ0v) is 16.4. The quantitative estimate of drug-likeness (QED) is 0.742. The van der Waals surface area contributed by atoms with Gasteiger partial charge in [0, 0.05) is 24.7 Å². The van der Waals surface area contributed by atoms with Gasteiger partial charge in [-0.05, 0) is 44.0 Å². The summed E-state index contributed by atoms with van der Waals surface area (Å²) in [5.41, 5.74) is 3.17. The number of nitrogens with one attached hydrogen (secondary N) is 1. The second kappa shape index (κ2) is 8.31. The van der Waals surface area contributed by atoms with Crippen LogP contribution in [0.3, 0.4) is 0 Å². The first-order valence-corrected chi connectivity index (χ1v) is 9.88. The SMILES string of the molecule is Cc1c(C(=O)N2CCC(C(=O)Nc3ccccc3)CC2)cnn1-c1ccccc1. The van der Waals surface area contributed by atoms with Crippen LogP contribution in [0, 0.1) is 12.8 Å². The maximum Gasteiger partial charge on any atom is 0.257 e. The Morgan fingerprint density at radius 2 is 1.59 bits per heavy atom. The fourth-order valence-corrected chi connectivity index (χ4v) is 3.73. The third kappa shape index (κ3) is 4.06. The molecule has 6 nitrogen and oxygen atoms in total. The van der Waals surface area contributed by atoms with Gasteiger partial charge in [-0.2, -0.15) is 5.10 Å². The predicted octanol–water partition coefficient (Wildman–Crippen LogP) is 3.67. The van der Waals surface area contributed by atoms with E-state index in [1.807, 2.05) is 72.5 Å². The molecule has 0 spiro atoms. The highest BCUT2D eigenvalue weighted by Gasteiger charge is 2.29. The number of rotatable bonds is 4. The number of benzene rings is 2. The van der Waals surface area contributed by atoms with E-state index >= 15 is 0 Å². The van der Waals surface area contributed by atoms with Crippen molar-refractivity contribution in [3.63, 3.8) is 0 Å². The summed E-state index contributed by atoms with van der Waals surface area (Å²) in [6.07, 6.45) is 2.96. The van der Waals surface area contributed by atoms with E-state index in [4.69, 9.17) is 0 Å². The lowest BCUT2D eigenvalue weighted by Gasteiger charge is -2.31. The van der Waals surface area contributed by atoms with Gasteiger partial charge >= 0.3 is 0 Å². The molecule has 0 saturated carbocycles. The van der Waals surface area contributed by atoms with Crippen LogP contribution in [0.4, 0.5) is 5.69 Å². The van der Waals surface area contributed by atoms with Gasteiger partial charge in [0.05, 0.1) is 23.1 Å². The van der Waals surface area contributed by atoms with E-state index in [1.165, 1.54) is 0 Å². The van der Waals surface area contributed by atoms with Crippen molar-refractivity contribution >= 4 is 17.5 Å². The Balaban J connectivity index is 1.38. The van der Waals surface area contributed by atoms with Crippen molar-refractivity contribution in [1.29, 1.82) is 0 Å². The van der Waals surface area contributed by atoms with Crippen molar-refractivity contribution < 1.29 is 9.59 Å². The number of nitrogens with zero attached hydrogens (tertiary/aromatic N) is 3. The van der Waals surface area contributed by atoms with E-state index in [2.05, 4.69) is 10.4 Å². The molecule has 0 unspecified atom stereocenters. The summed E-state index contributed by atoms with van der Waals surface area (Å²) in [5, 5.41) is 7.36. The van der Waals surface area contributed by atoms with E-state index in [1.54, 1.807) is 10.9 Å². The standard InChI is InChI=1S/C23H24N4O2/c1-17-21(16-24-27(17)20-10-6-3-7-11-20)23(29)26-14-12-18(13-15-26)22(28)25-19-8-4-2-5-9-19/h2-11,16,18H,12-15H2,1H3,(H,25,28). The maximum atomic E-state index is 13.0. The van der Waals surface area contributed by atoms with Crippen molar-refractivity contribution in [2.24, 2.45) is 5.92 Å². The highest BCUT2D eigenvalue weighted by Crippen LogP contribution is 2.22. The minimum atomic E-state index is -0.0765. The van der Waals surface area contributed by atoms with Gasteiger partial charge in [-0.15, -0.1) is 0 Å². The van der Waals surface area contributed by atoms with Crippen LogP contribution in [0.2, 0.25) is 0 Å². The van der Waals surface area contributed by atoms with Crippen molar-refractivity contribution in [3.05, 3.63) is 78.1 Å². The number of para-hydroxylation sites is 2. The van der Waals surface area contributed by atoms with Gasteiger partial charge in [-0.1, -0.05) is 36.4 Å². The van der Waals surface area contributed by atoms with Crippen LogP contribution >= 0.6 is 0 Å². The number of piperidine rings is 1. The molecule has 1 aliphatic rings. The predicted molar refractivity (Wildman–Crippen MR) is 112 cm³/mol. The number of likely N-dealkylation sites (tertiary alicyclic amines) is 1. The summed E-state index contributed by atoms with van der Waals surface area (Å²) < 4.78 is 1.79. The van der Waals surface area contributed by atoms with Gasteiger partial charge in [-0.3, -0.25) is 9.59 Å². The van der Waals surface area contributed by atoms with E-state index < -0.39 is 0 Å². The van der Waals surface area contributed by atoms with E-state index in [0.717, 1.165) is 17.1 Å². The first kappa shape index (κ1) is 18.9.